The van der Waals surface area contributed by atoms with E-state index in [1.807, 2.05) is 47.4 Å². The van der Waals surface area contributed by atoms with Crippen molar-refractivity contribution in [1.29, 1.82) is 0 Å². The number of nitrogens with zero attached hydrogens (tertiary/aromatic N) is 1. The lowest BCUT2D eigenvalue weighted by Gasteiger charge is -2.26. The number of amides is 1. The first-order valence-corrected chi connectivity index (χ1v) is 7.65. The van der Waals surface area contributed by atoms with E-state index in [-0.39, 0.29) is 5.91 Å². The minimum atomic E-state index is 0.159. The van der Waals surface area contributed by atoms with Gasteiger partial charge in [-0.3, -0.25) is 4.79 Å². The van der Waals surface area contributed by atoms with Gasteiger partial charge < -0.3 is 4.90 Å². The molecule has 1 amide bonds. The third-order valence-corrected chi connectivity index (χ3v) is 4.43. The van der Waals surface area contributed by atoms with Gasteiger partial charge in [0.1, 0.15) is 0 Å². The molecule has 1 aliphatic heterocycles. The van der Waals surface area contributed by atoms with Crippen molar-refractivity contribution >= 4 is 5.91 Å². The molecule has 2 nitrogen and oxygen atoms in total. The normalized spacial score (nSPS) is 21.5. The largest absolute Gasteiger partial charge is 0.333 e. The topological polar surface area (TPSA) is 20.3 Å². The highest BCUT2D eigenvalue weighted by Crippen LogP contribution is 2.26. The molecule has 2 heteroatoms. The summed E-state index contributed by atoms with van der Waals surface area (Å²) in [5.41, 5.74) is 3.12. The van der Waals surface area contributed by atoms with Gasteiger partial charge in [-0.15, -0.1) is 0 Å². The van der Waals surface area contributed by atoms with Crippen LogP contribution in [0.15, 0.2) is 54.6 Å². The number of carbonyl (C=O) groups is 1. The average molecular weight is 279 g/mol. The van der Waals surface area contributed by atoms with Gasteiger partial charge in [0.05, 0.1) is 0 Å². The predicted molar refractivity (Wildman–Crippen MR) is 86.2 cm³/mol. The van der Waals surface area contributed by atoms with Gasteiger partial charge in [0.2, 0.25) is 0 Å². The molecule has 1 fully saturated rings. The molecule has 1 saturated heterocycles. The molecular weight excluding hydrogens is 258 g/mol. The molecule has 0 spiro atoms. The van der Waals surface area contributed by atoms with Crippen LogP contribution in [0.5, 0.6) is 0 Å². The summed E-state index contributed by atoms with van der Waals surface area (Å²) in [6.07, 6.45) is 2.21. The second kappa shape index (κ2) is 5.72. The maximum atomic E-state index is 12.6. The Morgan fingerprint density at radius 3 is 1.95 bits per heavy atom. The zero-order valence-corrected chi connectivity index (χ0v) is 12.6. The molecule has 0 N–H and O–H groups in total. The van der Waals surface area contributed by atoms with E-state index < -0.39 is 0 Å². The van der Waals surface area contributed by atoms with Crippen LogP contribution in [0.3, 0.4) is 0 Å². The highest BCUT2D eigenvalue weighted by molar-refractivity contribution is 5.95. The van der Waals surface area contributed by atoms with Crippen molar-refractivity contribution in [3.05, 3.63) is 60.2 Å². The van der Waals surface area contributed by atoms with Crippen molar-refractivity contribution in [3.8, 4) is 11.1 Å². The van der Waals surface area contributed by atoms with Gasteiger partial charge in [0, 0.05) is 17.6 Å². The Balaban J connectivity index is 1.83. The SMILES string of the molecule is C[C@@H]1CC[C@@H](C)N1C(=O)c1ccc(-c2ccccc2)cc1. The average Bonchev–Trinajstić information content (AvgIpc) is 2.87. The molecule has 3 rings (SSSR count). The van der Waals surface area contributed by atoms with Crippen LogP contribution >= 0.6 is 0 Å². The number of hydrogen-bond acceptors (Lipinski definition) is 1. The first kappa shape index (κ1) is 13.9. The molecule has 2 atom stereocenters. The number of hydrogen-bond donors (Lipinski definition) is 0. The van der Waals surface area contributed by atoms with Crippen molar-refractivity contribution in [2.45, 2.75) is 38.8 Å². The summed E-state index contributed by atoms with van der Waals surface area (Å²) < 4.78 is 0. The van der Waals surface area contributed by atoms with E-state index in [0.29, 0.717) is 12.1 Å². The van der Waals surface area contributed by atoms with Gasteiger partial charge in [-0.05, 0) is 49.9 Å². The van der Waals surface area contributed by atoms with E-state index in [1.165, 1.54) is 5.56 Å². The summed E-state index contributed by atoms with van der Waals surface area (Å²) in [4.78, 5) is 14.7. The van der Waals surface area contributed by atoms with Crippen LogP contribution < -0.4 is 0 Å². The maximum absolute atomic E-state index is 12.6. The molecule has 0 bridgehead atoms. The van der Waals surface area contributed by atoms with Gasteiger partial charge >= 0.3 is 0 Å². The fourth-order valence-electron chi connectivity index (χ4n) is 3.18. The number of carbonyl (C=O) groups excluding carboxylic acids is 1. The zero-order chi connectivity index (χ0) is 14.8. The number of rotatable bonds is 2. The second-order valence-electron chi connectivity index (χ2n) is 5.93. The summed E-state index contributed by atoms with van der Waals surface area (Å²) in [5, 5.41) is 0. The quantitative estimate of drug-likeness (QED) is 0.799. The smallest absolute Gasteiger partial charge is 0.254 e. The molecule has 21 heavy (non-hydrogen) atoms. The third kappa shape index (κ3) is 2.71. The fraction of sp³-hybridized carbons (Fsp3) is 0.316. The van der Waals surface area contributed by atoms with Crippen LogP contribution in [0.4, 0.5) is 0 Å². The van der Waals surface area contributed by atoms with E-state index in [1.54, 1.807) is 0 Å². The van der Waals surface area contributed by atoms with Crippen molar-refractivity contribution in [2.24, 2.45) is 0 Å². The Morgan fingerprint density at radius 1 is 0.857 bits per heavy atom. The van der Waals surface area contributed by atoms with Gasteiger partial charge in [0.25, 0.3) is 5.91 Å². The van der Waals surface area contributed by atoms with Crippen LogP contribution in [0.1, 0.15) is 37.0 Å². The molecule has 0 aliphatic carbocycles. The van der Waals surface area contributed by atoms with Gasteiger partial charge in [-0.2, -0.15) is 0 Å². The van der Waals surface area contributed by atoms with Gasteiger partial charge in [0.15, 0.2) is 0 Å². The van der Waals surface area contributed by atoms with Crippen LogP contribution in [0, 0.1) is 0 Å². The molecular formula is C19H21NO. The van der Waals surface area contributed by atoms with Crippen LogP contribution in [-0.2, 0) is 0 Å². The summed E-state index contributed by atoms with van der Waals surface area (Å²) in [6, 6.07) is 18.9. The number of likely N-dealkylation sites (tertiary alicyclic amines) is 1. The van der Waals surface area contributed by atoms with E-state index in [4.69, 9.17) is 0 Å². The number of benzene rings is 2. The highest BCUT2D eigenvalue weighted by atomic mass is 16.2. The van der Waals surface area contributed by atoms with Crippen molar-refractivity contribution in [1.82, 2.24) is 4.90 Å². The van der Waals surface area contributed by atoms with Gasteiger partial charge in [-0.1, -0.05) is 42.5 Å². The minimum Gasteiger partial charge on any atom is -0.333 e. The first-order valence-electron chi connectivity index (χ1n) is 7.65. The molecule has 0 radical (unpaired) electrons. The van der Waals surface area contributed by atoms with E-state index in [9.17, 15) is 4.79 Å². The third-order valence-electron chi connectivity index (χ3n) is 4.43. The van der Waals surface area contributed by atoms with E-state index in [2.05, 4.69) is 26.0 Å². The summed E-state index contributed by atoms with van der Waals surface area (Å²) in [5.74, 6) is 0.159. The lowest BCUT2D eigenvalue weighted by atomic mass is 10.0. The van der Waals surface area contributed by atoms with Gasteiger partial charge in [-0.25, -0.2) is 0 Å². The minimum absolute atomic E-state index is 0.159. The van der Waals surface area contributed by atoms with Crippen LogP contribution in [-0.4, -0.2) is 22.9 Å². The Bertz CT molecular complexity index is 608. The van der Waals surface area contributed by atoms with Crippen molar-refractivity contribution < 1.29 is 4.79 Å². The summed E-state index contributed by atoms with van der Waals surface area (Å²) in [6.45, 7) is 4.28. The molecule has 0 saturated carbocycles. The lowest BCUT2D eigenvalue weighted by Crippen LogP contribution is -2.38. The fourth-order valence-corrected chi connectivity index (χ4v) is 3.18. The van der Waals surface area contributed by atoms with Crippen LogP contribution in [0.2, 0.25) is 0 Å². The maximum Gasteiger partial charge on any atom is 0.254 e. The molecule has 2 aromatic rings. The molecule has 1 aliphatic rings. The Kier molecular flexibility index (Phi) is 3.78. The van der Waals surface area contributed by atoms with E-state index >= 15 is 0 Å². The zero-order valence-electron chi connectivity index (χ0n) is 12.6. The van der Waals surface area contributed by atoms with Crippen molar-refractivity contribution in [2.75, 3.05) is 0 Å². The second-order valence-corrected chi connectivity index (χ2v) is 5.93. The standard InChI is InChI=1S/C19H21NO/c1-14-8-9-15(2)20(14)19(21)18-12-10-17(11-13-18)16-6-4-3-5-7-16/h3-7,10-15H,8-9H2,1-2H3/t14-,15-/m1/s1. The Morgan fingerprint density at radius 2 is 1.38 bits per heavy atom. The first-order chi connectivity index (χ1) is 10.2. The molecule has 1 heterocycles. The summed E-state index contributed by atoms with van der Waals surface area (Å²) >= 11 is 0. The Labute approximate surface area is 126 Å². The lowest BCUT2D eigenvalue weighted by molar-refractivity contribution is 0.0693. The molecule has 108 valence electrons. The Hall–Kier alpha value is -2.09. The predicted octanol–water partition coefficient (Wildman–Crippen LogP) is 4.37. The van der Waals surface area contributed by atoms with Crippen LogP contribution in [0.25, 0.3) is 11.1 Å². The summed E-state index contributed by atoms with van der Waals surface area (Å²) in [7, 11) is 0. The van der Waals surface area contributed by atoms with Crippen molar-refractivity contribution in [3.63, 3.8) is 0 Å². The highest BCUT2D eigenvalue weighted by Gasteiger charge is 2.31. The molecule has 0 unspecified atom stereocenters. The molecule has 2 aromatic carbocycles. The molecule has 0 aromatic heterocycles. The van der Waals surface area contributed by atoms with E-state index in [0.717, 1.165) is 24.0 Å². The monoisotopic (exact) mass is 279 g/mol.